The average molecular weight is 349 g/mol. The third kappa shape index (κ3) is 3.68. The zero-order valence-electron chi connectivity index (χ0n) is 10.9. The third-order valence-corrected chi connectivity index (χ3v) is 4.17. The minimum atomic E-state index is -0.998. The maximum absolute atomic E-state index is 13.1. The molecule has 0 saturated heterocycles. The highest BCUT2D eigenvalue weighted by molar-refractivity contribution is 6.35. The summed E-state index contributed by atoms with van der Waals surface area (Å²) in [5.41, 5.74) is 6.83. The molecule has 2 rings (SSSR count). The predicted molar refractivity (Wildman–Crippen MR) is 84.6 cm³/mol. The molecule has 2 aromatic rings. The molecule has 3 N–H and O–H groups in total. The van der Waals surface area contributed by atoms with Gasteiger partial charge in [-0.2, -0.15) is 0 Å². The molecular formula is C15H13Cl3FNO. The van der Waals surface area contributed by atoms with E-state index < -0.39 is 17.8 Å². The molecule has 0 amide bonds. The van der Waals surface area contributed by atoms with Crippen molar-refractivity contribution in [1.29, 1.82) is 0 Å². The van der Waals surface area contributed by atoms with Crippen LogP contribution in [-0.2, 0) is 0 Å². The number of hydrogen-bond donors (Lipinski definition) is 2. The van der Waals surface area contributed by atoms with Crippen LogP contribution in [-0.4, -0.2) is 11.7 Å². The summed E-state index contributed by atoms with van der Waals surface area (Å²) < 4.78 is 13.1. The van der Waals surface area contributed by atoms with E-state index in [2.05, 4.69) is 0 Å². The Morgan fingerprint density at radius 1 is 1.00 bits per heavy atom. The van der Waals surface area contributed by atoms with E-state index in [4.69, 9.17) is 40.5 Å². The SMILES string of the molecule is NCC(c1ccc(Cl)cc1Cl)C(O)c1ccc(F)cc1Cl. The second-order valence-electron chi connectivity index (χ2n) is 4.62. The highest BCUT2D eigenvalue weighted by Gasteiger charge is 2.25. The van der Waals surface area contributed by atoms with Crippen LogP contribution < -0.4 is 5.73 Å². The summed E-state index contributed by atoms with van der Waals surface area (Å²) in [4.78, 5) is 0. The van der Waals surface area contributed by atoms with E-state index in [1.165, 1.54) is 12.1 Å². The van der Waals surface area contributed by atoms with E-state index in [-0.39, 0.29) is 11.6 Å². The van der Waals surface area contributed by atoms with Crippen LogP contribution in [0.5, 0.6) is 0 Å². The standard InChI is InChI=1S/C15H13Cl3FNO/c16-8-1-3-10(13(17)5-8)12(7-20)15(21)11-4-2-9(19)6-14(11)18/h1-6,12,15,21H,7,20H2. The third-order valence-electron chi connectivity index (χ3n) is 3.28. The molecule has 0 saturated carbocycles. The summed E-state index contributed by atoms with van der Waals surface area (Å²) in [6.45, 7) is 0.149. The fourth-order valence-corrected chi connectivity index (χ4v) is 3.01. The normalized spacial score (nSPS) is 14.0. The van der Waals surface area contributed by atoms with Gasteiger partial charge >= 0.3 is 0 Å². The molecule has 2 atom stereocenters. The van der Waals surface area contributed by atoms with Gasteiger partial charge in [-0.25, -0.2) is 4.39 Å². The number of nitrogens with two attached hydrogens (primary N) is 1. The van der Waals surface area contributed by atoms with E-state index in [0.29, 0.717) is 21.2 Å². The first-order valence-corrected chi connectivity index (χ1v) is 7.35. The Balaban J connectivity index is 2.40. The van der Waals surface area contributed by atoms with Crippen molar-refractivity contribution in [2.45, 2.75) is 12.0 Å². The van der Waals surface area contributed by atoms with Crippen LogP contribution in [0.1, 0.15) is 23.1 Å². The quantitative estimate of drug-likeness (QED) is 0.850. The van der Waals surface area contributed by atoms with E-state index in [1.54, 1.807) is 18.2 Å². The van der Waals surface area contributed by atoms with Crippen LogP contribution in [0.3, 0.4) is 0 Å². The summed E-state index contributed by atoms with van der Waals surface area (Å²) in [5.74, 6) is -0.942. The molecule has 0 spiro atoms. The highest BCUT2D eigenvalue weighted by atomic mass is 35.5. The smallest absolute Gasteiger partial charge is 0.124 e. The highest BCUT2D eigenvalue weighted by Crippen LogP contribution is 2.37. The molecule has 2 unspecified atom stereocenters. The number of aliphatic hydroxyl groups excluding tert-OH is 1. The maximum Gasteiger partial charge on any atom is 0.124 e. The predicted octanol–water partition coefficient (Wildman–Crippen LogP) is 4.56. The Morgan fingerprint density at radius 3 is 2.19 bits per heavy atom. The van der Waals surface area contributed by atoms with Crippen molar-refractivity contribution in [1.82, 2.24) is 0 Å². The Kier molecular flexibility index (Phi) is 5.47. The van der Waals surface area contributed by atoms with Crippen molar-refractivity contribution in [3.63, 3.8) is 0 Å². The minimum Gasteiger partial charge on any atom is -0.388 e. The molecule has 21 heavy (non-hydrogen) atoms. The van der Waals surface area contributed by atoms with Crippen LogP contribution in [0, 0.1) is 5.82 Å². The summed E-state index contributed by atoms with van der Waals surface area (Å²) in [6, 6.07) is 8.79. The maximum atomic E-state index is 13.1. The molecule has 0 radical (unpaired) electrons. The molecule has 0 heterocycles. The monoisotopic (exact) mass is 347 g/mol. The van der Waals surface area contributed by atoms with Crippen LogP contribution in [0.4, 0.5) is 4.39 Å². The van der Waals surface area contributed by atoms with E-state index >= 15 is 0 Å². The van der Waals surface area contributed by atoms with Gasteiger partial charge in [0.1, 0.15) is 5.82 Å². The van der Waals surface area contributed by atoms with Gasteiger partial charge in [-0.3, -0.25) is 0 Å². The van der Waals surface area contributed by atoms with E-state index in [0.717, 1.165) is 6.07 Å². The second kappa shape index (κ2) is 6.95. The summed E-state index contributed by atoms with van der Waals surface area (Å²) in [5, 5.41) is 11.6. The van der Waals surface area contributed by atoms with Crippen molar-refractivity contribution < 1.29 is 9.50 Å². The Labute approximate surface area is 137 Å². The Morgan fingerprint density at radius 2 is 1.62 bits per heavy atom. The van der Waals surface area contributed by atoms with Crippen LogP contribution in [0.15, 0.2) is 36.4 Å². The number of benzene rings is 2. The van der Waals surface area contributed by atoms with Gasteiger partial charge in [0.15, 0.2) is 0 Å². The zero-order chi connectivity index (χ0) is 15.6. The fraction of sp³-hybridized carbons (Fsp3) is 0.200. The molecule has 0 aliphatic rings. The molecule has 0 bridgehead atoms. The van der Waals surface area contributed by atoms with Crippen molar-refractivity contribution in [3.8, 4) is 0 Å². The molecule has 0 aromatic heterocycles. The summed E-state index contributed by atoms with van der Waals surface area (Å²) >= 11 is 18.0. The first-order valence-electron chi connectivity index (χ1n) is 6.22. The molecule has 0 aliphatic carbocycles. The largest absolute Gasteiger partial charge is 0.388 e. The van der Waals surface area contributed by atoms with Crippen LogP contribution >= 0.6 is 34.8 Å². The summed E-state index contributed by atoms with van der Waals surface area (Å²) in [7, 11) is 0. The van der Waals surface area contributed by atoms with Gasteiger partial charge in [0.2, 0.25) is 0 Å². The molecule has 6 heteroatoms. The molecular weight excluding hydrogens is 336 g/mol. The Hall–Kier alpha value is -0.840. The van der Waals surface area contributed by atoms with Gasteiger partial charge in [0.25, 0.3) is 0 Å². The minimum absolute atomic E-state index is 0.144. The average Bonchev–Trinajstić information content (AvgIpc) is 2.41. The number of aliphatic hydroxyl groups is 1. The number of hydrogen-bond acceptors (Lipinski definition) is 2. The van der Waals surface area contributed by atoms with Gasteiger partial charge in [0, 0.05) is 27.5 Å². The first kappa shape index (κ1) is 16.5. The molecule has 112 valence electrons. The van der Waals surface area contributed by atoms with E-state index in [9.17, 15) is 9.50 Å². The van der Waals surface area contributed by atoms with Gasteiger partial charge in [-0.15, -0.1) is 0 Å². The topological polar surface area (TPSA) is 46.2 Å². The number of rotatable bonds is 4. The van der Waals surface area contributed by atoms with Crippen LogP contribution in [0.2, 0.25) is 15.1 Å². The van der Waals surface area contributed by atoms with Crippen molar-refractivity contribution in [2.24, 2.45) is 5.73 Å². The van der Waals surface area contributed by atoms with Gasteiger partial charge in [-0.1, -0.05) is 46.9 Å². The fourth-order valence-electron chi connectivity index (χ4n) is 2.19. The van der Waals surface area contributed by atoms with Crippen molar-refractivity contribution in [3.05, 3.63) is 68.4 Å². The summed E-state index contributed by atoms with van der Waals surface area (Å²) in [6.07, 6.45) is -0.998. The number of halogens is 4. The van der Waals surface area contributed by atoms with Gasteiger partial charge < -0.3 is 10.8 Å². The lowest BCUT2D eigenvalue weighted by Gasteiger charge is -2.24. The molecule has 2 nitrogen and oxygen atoms in total. The van der Waals surface area contributed by atoms with Gasteiger partial charge in [-0.05, 0) is 35.4 Å². The molecule has 0 fully saturated rings. The zero-order valence-corrected chi connectivity index (χ0v) is 13.1. The molecule has 2 aromatic carbocycles. The lowest BCUT2D eigenvalue weighted by atomic mass is 9.89. The van der Waals surface area contributed by atoms with E-state index in [1.807, 2.05) is 0 Å². The lowest BCUT2D eigenvalue weighted by Crippen LogP contribution is -2.20. The van der Waals surface area contributed by atoms with Crippen molar-refractivity contribution >= 4 is 34.8 Å². The van der Waals surface area contributed by atoms with Crippen LogP contribution in [0.25, 0.3) is 0 Å². The first-order chi connectivity index (χ1) is 9.93. The Bertz CT molecular complexity index is 651. The van der Waals surface area contributed by atoms with Crippen molar-refractivity contribution in [2.75, 3.05) is 6.54 Å². The van der Waals surface area contributed by atoms with Gasteiger partial charge in [0.05, 0.1) is 6.10 Å². The molecule has 0 aliphatic heterocycles. The lowest BCUT2D eigenvalue weighted by molar-refractivity contribution is 0.147. The second-order valence-corrected chi connectivity index (χ2v) is 5.87.